The van der Waals surface area contributed by atoms with E-state index in [9.17, 15) is 4.79 Å². The Morgan fingerprint density at radius 3 is 2.58 bits per heavy atom. The molecule has 1 saturated carbocycles. The van der Waals surface area contributed by atoms with Gasteiger partial charge < -0.3 is 5.32 Å². The van der Waals surface area contributed by atoms with Crippen LogP contribution < -0.4 is 5.32 Å². The van der Waals surface area contributed by atoms with Gasteiger partial charge in [-0.2, -0.15) is 11.8 Å². The van der Waals surface area contributed by atoms with Gasteiger partial charge in [-0.15, -0.1) is 0 Å². The molecule has 19 heavy (non-hydrogen) atoms. The molecule has 1 fully saturated rings. The highest BCUT2D eigenvalue weighted by atomic mass is 32.2. The molecule has 0 bridgehead atoms. The molecule has 2 rings (SSSR count). The first-order valence-electron chi connectivity index (χ1n) is 7.09. The van der Waals surface area contributed by atoms with Crippen LogP contribution in [0.15, 0.2) is 24.3 Å². The van der Waals surface area contributed by atoms with Crippen LogP contribution in [0.1, 0.15) is 48.5 Å². The second-order valence-electron chi connectivity index (χ2n) is 5.47. The molecule has 0 radical (unpaired) electrons. The van der Waals surface area contributed by atoms with Crippen molar-refractivity contribution < 1.29 is 4.79 Å². The molecule has 1 aromatic rings. The van der Waals surface area contributed by atoms with Crippen molar-refractivity contribution in [1.29, 1.82) is 0 Å². The van der Waals surface area contributed by atoms with E-state index in [-0.39, 0.29) is 5.91 Å². The molecule has 0 heterocycles. The van der Waals surface area contributed by atoms with E-state index in [1.54, 1.807) is 11.8 Å². The molecule has 1 aliphatic carbocycles. The highest BCUT2D eigenvalue weighted by Crippen LogP contribution is 2.24. The zero-order chi connectivity index (χ0) is 13.7. The fourth-order valence-corrected chi connectivity index (χ4v) is 3.23. The molecular weight excluding hydrogens is 254 g/mol. The van der Waals surface area contributed by atoms with Crippen molar-refractivity contribution >= 4 is 17.7 Å². The first kappa shape index (κ1) is 14.4. The minimum Gasteiger partial charge on any atom is -0.349 e. The zero-order valence-corrected chi connectivity index (χ0v) is 12.6. The average Bonchev–Trinajstić information content (AvgIpc) is 2.42. The lowest BCUT2D eigenvalue weighted by Gasteiger charge is -2.29. The van der Waals surface area contributed by atoms with Crippen molar-refractivity contribution in [3.8, 4) is 0 Å². The summed E-state index contributed by atoms with van der Waals surface area (Å²) in [5.41, 5.74) is 2.05. The van der Waals surface area contributed by atoms with Crippen molar-refractivity contribution in [1.82, 2.24) is 5.32 Å². The van der Waals surface area contributed by atoms with E-state index in [0.29, 0.717) is 12.0 Å². The first-order chi connectivity index (χ1) is 9.20. The standard InChI is InChI=1S/C16H23NOS/c1-12-5-3-4-6-15(12)17-16(18)14-9-7-13(8-10-14)11-19-2/h7-10,12,15H,3-6,11H2,1-2H3,(H,17,18)/t12-,15-/m1/s1. The molecule has 1 aliphatic rings. The summed E-state index contributed by atoms with van der Waals surface area (Å²) in [7, 11) is 0. The quantitative estimate of drug-likeness (QED) is 0.905. The predicted molar refractivity (Wildman–Crippen MR) is 82.5 cm³/mol. The van der Waals surface area contributed by atoms with Gasteiger partial charge in [-0.25, -0.2) is 0 Å². The molecule has 104 valence electrons. The Bertz CT molecular complexity index is 415. The Labute approximate surface area is 120 Å². The summed E-state index contributed by atoms with van der Waals surface area (Å²) in [6, 6.07) is 8.33. The molecule has 0 unspecified atom stereocenters. The summed E-state index contributed by atoms with van der Waals surface area (Å²) < 4.78 is 0. The minimum absolute atomic E-state index is 0.0782. The number of hydrogen-bond donors (Lipinski definition) is 1. The molecule has 2 nitrogen and oxygen atoms in total. The molecule has 1 amide bonds. The van der Waals surface area contributed by atoms with Crippen LogP contribution in [-0.4, -0.2) is 18.2 Å². The van der Waals surface area contributed by atoms with Crippen LogP contribution in [0.25, 0.3) is 0 Å². The van der Waals surface area contributed by atoms with Crippen molar-refractivity contribution in [2.75, 3.05) is 6.26 Å². The number of rotatable bonds is 4. The highest BCUT2D eigenvalue weighted by Gasteiger charge is 2.23. The molecule has 0 aromatic heterocycles. The normalized spacial score (nSPS) is 23.1. The predicted octanol–water partition coefficient (Wildman–Crippen LogP) is 3.86. The van der Waals surface area contributed by atoms with Gasteiger partial charge in [0, 0.05) is 17.4 Å². The van der Waals surface area contributed by atoms with Crippen LogP contribution >= 0.6 is 11.8 Å². The van der Waals surface area contributed by atoms with Crippen molar-refractivity contribution in [2.24, 2.45) is 5.92 Å². The second-order valence-corrected chi connectivity index (χ2v) is 6.34. The van der Waals surface area contributed by atoms with Crippen molar-refractivity contribution in [3.63, 3.8) is 0 Å². The molecule has 0 spiro atoms. The largest absolute Gasteiger partial charge is 0.349 e. The fraction of sp³-hybridized carbons (Fsp3) is 0.562. The van der Waals surface area contributed by atoms with E-state index in [4.69, 9.17) is 0 Å². The van der Waals surface area contributed by atoms with E-state index in [2.05, 4.69) is 30.6 Å². The van der Waals surface area contributed by atoms with Gasteiger partial charge in [0.25, 0.3) is 5.91 Å². The molecule has 0 aliphatic heterocycles. The van der Waals surface area contributed by atoms with Crippen LogP contribution in [0.4, 0.5) is 0 Å². The molecule has 2 atom stereocenters. The fourth-order valence-electron chi connectivity index (χ4n) is 2.70. The van der Waals surface area contributed by atoms with Crippen LogP contribution in [0.2, 0.25) is 0 Å². The Balaban J connectivity index is 1.95. The van der Waals surface area contributed by atoms with Gasteiger partial charge in [-0.3, -0.25) is 4.79 Å². The number of nitrogens with one attached hydrogen (secondary N) is 1. The second kappa shape index (κ2) is 6.99. The third kappa shape index (κ3) is 4.00. The summed E-state index contributed by atoms with van der Waals surface area (Å²) in [5.74, 6) is 1.68. The van der Waals surface area contributed by atoms with Gasteiger partial charge in [0.05, 0.1) is 0 Å². The zero-order valence-electron chi connectivity index (χ0n) is 11.8. The van der Waals surface area contributed by atoms with Crippen LogP contribution in [-0.2, 0) is 5.75 Å². The molecule has 3 heteroatoms. The van der Waals surface area contributed by atoms with Gasteiger partial charge in [-0.1, -0.05) is 31.9 Å². The number of thioether (sulfide) groups is 1. The lowest BCUT2D eigenvalue weighted by molar-refractivity contribution is 0.0910. The lowest BCUT2D eigenvalue weighted by atomic mass is 9.86. The molecular formula is C16H23NOS. The third-order valence-electron chi connectivity index (χ3n) is 3.96. The lowest BCUT2D eigenvalue weighted by Crippen LogP contribution is -2.41. The number of hydrogen-bond acceptors (Lipinski definition) is 2. The van der Waals surface area contributed by atoms with Crippen LogP contribution in [0, 0.1) is 5.92 Å². The van der Waals surface area contributed by atoms with Gasteiger partial charge >= 0.3 is 0 Å². The number of carbonyl (C=O) groups is 1. The van der Waals surface area contributed by atoms with E-state index in [0.717, 1.165) is 17.7 Å². The Kier molecular flexibility index (Phi) is 5.32. The summed E-state index contributed by atoms with van der Waals surface area (Å²) in [6.45, 7) is 2.24. The monoisotopic (exact) mass is 277 g/mol. The third-order valence-corrected chi connectivity index (χ3v) is 4.58. The highest BCUT2D eigenvalue weighted by molar-refractivity contribution is 7.97. The maximum Gasteiger partial charge on any atom is 0.251 e. The number of carbonyl (C=O) groups excluding carboxylic acids is 1. The Morgan fingerprint density at radius 2 is 1.95 bits per heavy atom. The summed E-state index contributed by atoms with van der Waals surface area (Å²) in [4.78, 5) is 12.2. The topological polar surface area (TPSA) is 29.1 Å². The van der Waals surface area contributed by atoms with Crippen LogP contribution in [0.5, 0.6) is 0 Å². The first-order valence-corrected chi connectivity index (χ1v) is 8.49. The van der Waals surface area contributed by atoms with Gasteiger partial charge in [-0.05, 0) is 42.7 Å². The van der Waals surface area contributed by atoms with Crippen molar-refractivity contribution in [2.45, 2.75) is 44.4 Å². The number of benzene rings is 1. The maximum atomic E-state index is 12.2. The van der Waals surface area contributed by atoms with E-state index in [1.807, 2.05) is 12.1 Å². The smallest absolute Gasteiger partial charge is 0.251 e. The number of amides is 1. The van der Waals surface area contributed by atoms with Crippen molar-refractivity contribution in [3.05, 3.63) is 35.4 Å². The van der Waals surface area contributed by atoms with Crippen LogP contribution in [0.3, 0.4) is 0 Å². The SMILES string of the molecule is CSCc1ccc(C(=O)N[C@@H]2CCCC[C@H]2C)cc1. The Morgan fingerprint density at radius 1 is 1.26 bits per heavy atom. The summed E-state index contributed by atoms with van der Waals surface area (Å²) >= 11 is 1.80. The minimum atomic E-state index is 0.0782. The summed E-state index contributed by atoms with van der Waals surface area (Å²) in [6.07, 6.45) is 6.99. The van der Waals surface area contributed by atoms with Gasteiger partial charge in [0.15, 0.2) is 0 Å². The average molecular weight is 277 g/mol. The van der Waals surface area contributed by atoms with E-state index in [1.165, 1.54) is 24.8 Å². The molecule has 1 aromatic carbocycles. The Hall–Kier alpha value is -0.960. The van der Waals surface area contributed by atoms with E-state index >= 15 is 0 Å². The summed E-state index contributed by atoms with van der Waals surface area (Å²) in [5, 5.41) is 3.19. The van der Waals surface area contributed by atoms with E-state index < -0.39 is 0 Å². The molecule has 0 saturated heterocycles. The van der Waals surface area contributed by atoms with Gasteiger partial charge in [0.2, 0.25) is 0 Å². The van der Waals surface area contributed by atoms with Gasteiger partial charge in [0.1, 0.15) is 0 Å². The molecule has 1 N–H and O–H groups in total. The maximum absolute atomic E-state index is 12.2.